The summed E-state index contributed by atoms with van der Waals surface area (Å²) in [7, 11) is 1.22. The standard InChI is InChI=1S/C13H22N2O6/c1-20-11(16)5-4-10(12(17)18)15-13(19)14-6-7-21-8-9-2-3-9/h9-10H,2-8H2,1H3,(H,17,18)(H2,14,15,19)/t10-/m1/s1. The fourth-order valence-corrected chi connectivity index (χ4v) is 1.60. The van der Waals surface area contributed by atoms with Crippen molar-refractivity contribution in [1.82, 2.24) is 10.6 Å². The highest BCUT2D eigenvalue weighted by Gasteiger charge is 2.22. The Hall–Kier alpha value is -1.83. The maximum absolute atomic E-state index is 11.5. The summed E-state index contributed by atoms with van der Waals surface area (Å²) in [6, 6.07) is -1.72. The van der Waals surface area contributed by atoms with E-state index in [0.29, 0.717) is 25.7 Å². The lowest BCUT2D eigenvalue weighted by molar-refractivity contribution is -0.142. The number of hydrogen-bond donors (Lipinski definition) is 3. The first-order chi connectivity index (χ1) is 10.0. The second kappa shape index (κ2) is 9.17. The lowest BCUT2D eigenvalue weighted by Crippen LogP contribution is -2.46. The van der Waals surface area contributed by atoms with Crippen LogP contribution in [0, 0.1) is 5.92 Å². The number of carbonyl (C=O) groups is 3. The highest BCUT2D eigenvalue weighted by molar-refractivity contribution is 5.83. The fraction of sp³-hybridized carbons (Fsp3) is 0.769. The van der Waals surface area contributed by atoms with Crippen LogP contribution in [0.2, 0.25) is 0 Å². The van der Waals surface area contributed by atoms with Crippen molar-refractivity contribution < 1.29 is 29.0 Å². The Bertz CT molecular complexity index is 370. The average molecular weight is 302 g/mol. The van der Waals surface area contributed by atoms with Crippen molar-refractivity contribution >= 4 is 18.0 Å². The van der Waals surface area contributed by atoms with Gasteiger partial charge in [0.1, 0.15) is 6.04 Å². The van der Waals surface area contributed by atoms with Crippen molar-refractivity contribution in [3.63, 3.8) is 0 Å². The monoisotopic (exact) mass is 302 g/mol. The van der Waals surface area contributed by atoms with Gasteiger partial charge in [0, 0.05) is 19.6 Å². The van der Waals surface area contributed by atoms with Crippen LogP contribution in [0.3, 0.4) is 0 Å². The first-order valence-corrected chi connectivity index (χ1v) is 6.94. The van der Waals surface area contributed by atoms with Gasteiger partial charge >= 0.3 is 18.0 Å². The Labute approximate surface area is 123 Å². The largest absolute Gasteiger partial charge is 0.480 e. The van der Waals surface area contributed by atoms with Crippen molar-refractivity contribution in [2.75, 3.05) is 26.9 Å². The summed E-state index contributed by atoms with van der Waals surface area (Å²) >= 11 is 0. The number of aliphatic carboxylic acids is 1. The lowest BCUT2D eigenvalue weighted by Gasteiger charge is -2.14. The summed E-state index contributed by atoms with van der Waals surface area (Å²) in [6.45, 7) is 1.41. The predicted octanol–water partition coefficient (Wildman–Crippen LogP) is 0.119. The van der Waals surface area contributed by atoms with Gasteiger partial charge in [-0.25, -0.2) is 9.59 Å². The molecule has 0 spiro atoms. The Kier molecular flexibility index (Phi) is 7.52. The molecule has 0 radical (unpaired) electrons. The lowest BCUT2D eigenvalue weighted by atomic mass is 10.1. The van der Waals surface area contributed by atoms with Crippen molar-refractivity contribution in [3.05, 3.63) is 0 Å². The third kappa shape index (κ3) is 8.13. The molecule has 2 amide bonds. The van der Waals surface area contributed by atoms with Gasteiger partial charge in [0.15, 0.2) is 0 Å². The summed E-state index contributed by atoms with van der Waals surface area (Å²) in [5.74, 6) is -1.05. The molecule has 0 aromatic carbocycles. The Morgan fingerprint density at radius 2 is 2.05 bits per heavy atom. The number of carbonyl (C=O) groups excluding carboxylic acids is 2. The number of nitrogens with one attached hydrogen (secondary N) is 2. The number of rotatable bonds is 10. The van der Waals surface area contributed by atoms with Crippen LogP contribution in [0.4, 0.5) is 4.79 Å². The summed E-state index contributed by atoms with van der Waals surface area (Å²) in [5, 5.41) is 13.8. The minimum Gasteiger partial charge on any atom is -0.480 e. The molecule has 1 rings (SSSR count). The van der Waals surface area contributed by atoms with Crippen molar-refractivity contribution in [2.24, 2.45) is 5.92 Å². The quantitative estimate of drug-likeness (QED) is 0.390. The van der Waals surface area contributed by atoms with Crippen LogP contribution in [0.1, 0.15) is 25.7 Å². The molecular formula is C13H22N2O6. The van der Waals surface area contributed by atoms with Gasteiger partial charge in [-0.1, -0.05) is 0 Å². The van der Waals surface area contributed by atoms with E-state index in [1.807, 2.05) is 0 Å². The van der Waals surface area contributed by atoms with Crippen LogP contribution < -0.4 is 10.6 Å². The molecule has 0 aliphatic heterocycles. The maximum atomic E-state index is 11.5. The van der Waals surface area contributed by atoms with Crippen LogP contribution in [0.5, 0.6) is 0 Å². The van der Waals surface area contributed by atoms with Gasteiger partial charge in [-0.05, 0) is 25.2 Å². The molecule has 8 nitrogen and oxygen atoms in total. The van der Waals surface area contributed by atoms with Gasteiger partial charge in [0.25, 0.3) is 0 Å². The molecule has 120 valence electrons. The van der Waals surface area contributed by atoms with Gasteiger partial charge in [-0.15, -0.1) is 0 Å². The molecular weight excluding hydrogens is 280 g/mol. The van der Waals surface area contributed by atoms with E-state index in [-0.39, 0.29) is 12.8 Å². The predicted molar refractivity (Wildman–Crippen MR) is 72.8 cm³/mol. The van der Waals surface area contributed by atoms with Crippen LogP contribution in [0.15, 0.2) is 0 Å². The Balaban J connectivity index is 2.14. The Morgan fingerprint density at radius 1 is 1.33 bits per heavy atom. The number of urea groups is 1. The SMILES string of the molecule is COC(=O)CC[C@@H](NC(=O)NCCOCC1CC1)C(=O)O. The molecule has 0 saturated heterocycles. The molecule has 0 unspecified atom stereocenters. The van der Waals surface area contributed by atoms with Gasteiger partial charge < -0.3 is 25.2 Å². The van der Waals surface area contributed by atoms with Crippen LogP contribution >= 0.6 is 0 Å². The number of hydrogen-bond acceptors (Lipinski definition) is 5. The van der Waals surface area contributed by atoms with Gasteiger partial charge in [-0.3, -0.25) is 4.79 Å². The molecule has 1 aliphatic rings. The first kappa shape index (κ1) is 17.2. The summed E-state index contributed by atoms with van der Waals surface area (Å²) < 4.78 is 9.76. The Morgan fingerprint density at radius 3 is 2.62 bits per heavy atom. The van der Waals surface area contributed by atoms with E-state index < -0.39 is 24.0 Å². The van der Waals surface area contributed by atoms with E-state index in [1.165, 1.54) is 20.0 Å². The maximum Gasteiger partial charge on any atom is 0.326 e. The highest BCUT2D eigenvalue weighted by Crippen LogP contribution is 2.28. The van der Waals surface area contributed by atoms with Crippen molar-refractivity contribution in [2.45, 2.75) is 31.7 Å². The zero-order valence-corrected chi connectivity index (χ0v) is 12.1. The fourth-order valence-electron chi connectivity index (χ4n) is 1.60. The summed E-state index contributed by atoms with van der Waals surface area (Å²) in [4.78, 5) is 33.5. The average Bonchev–Trinajstić information content (AvgIpc) is 3.26. The normalized spacial score (nSPS) is 15.1. The molecule has 3 N–H and O–H groups in total. The van der Waals surface area contributed by atoms with Gasteiger partial charge in [0.2, 0.25) is 0 Å². The van der Waals surface area contributed by atoms with Gasteiger partial charge in [0.05, 0.1) is 13.7 Å². The molecule has 21 heavy (non-hydrogen) atoms. The molecule has 1 atom stereocenters. The minimum absolute atomic E-state index is 0.0202. The van der Waals surface area contributed by atoms with Crippen LogP contribution in [0.25, 0.3) is 0 Å². The minimum atomic E-state index is -1.20. The van der Waals surface area contributed by atoms with E-state index in [0.717, 1.165) is 0 Å². The first-order valence-electron chi connectivity index (χ1n) is 6.94. The zero-order chi connectivity index (χ0) is 15.7. The highest BCUT2D eigenvalue weighted by atomic mass is 16.5. The van der Waals surface area contributed by atoms with E-state index in [2.05, 4.69) is 15.4 Å². The molecule has 1 aliphatic carbocycles. The van der Waals surface area contributed by atoms with E-state index in [1.54, 1.807) is 0 Å². The van der Waals surface area contributed by atoms with Crippen molar-refractivity contribution in [1.29, 1.82) is 0 Å². The third-order valence-electron chi connectivity index (χ3n) is 3.05. The topological polar surface area (TPSA) is 114 Å². The van der Waals surface area contributed by atoms with Crippen molar-refractivity contribution in [3.8, 4) is 0 Å². The van der Waals surface area contributed by atoms with E-state index in [4.69, 9.17) is 9.84 Å². The molecule has 0 bridgehead atoms. The molecule has 0 aromatic rings. The second-order valence-corrected chi connectivity index (χ2v) is 4.92. The number of methoxy groups -OCH3 is 1. The van der Waals surface area contributed by atoms with Gasteiger partial charge in [-0.2, -0.15) is 0 Å². The van der Waals surface area contributed by atoms with Crippen LogP contribution in [-0.4, -0.2) is 56.0 Å². The second-order valence-electron chi connectivity index (χ2n) is 4.92. The summed E-state index contributed by atoms with van der Waals surface area (Å²) in [6.07, 6.45) is 2.31. The molecule has 0 aromatic heterocycles. The third-order valence-corrected chi connectivity index (χ3v) is 3.05. The number of amides is 2. The number of carboxylic acids is 1. The molecule has 8 heteroatoms. The molecule has 1 saturated carbocycles. The zero-order valence-electron chi connectivity index (χ0n) is 12.1. The number of esters is 1. The van der Waals surface area contributed by atoms with E-state index in [9.17, 15) is 14.4 Å². The smallest absolute Gasteiger partial charge is 0.326 e. The molecule has 1 fully saturated rings. The summed E-state index contributed by atoms with van der Waals surface area (Å²) in [5.41, 5.74) is 0. The van der Waals surface area contributed by atoms with Crippen LogP contribution in [-0.2, 0) is 19.1 Å². The van der Waals surface area contributed by atoms with E-state index >= 15 is 0 Å². The number of carboxylic acid groups (broad SMARTS) is 1. The number of ether oxygens (including phenoxy) is 2. The molecule has 0 heterocycles.